The number of nitrogens with zero attached hydrogens (tertiary/aromatic N) is 2. The van der Waals surface area contributed by atoms with Crippen LogP contribution in [-0.4, -0.2) is 42.7 Å². The molecule has 0 aromatic carbocycles. The smallest absolute Gasteiger partial charge is 0.0645 e. The minimum Gasteiger partial charge on any atom is -0.397 e. The van der Waals surface area contributed by atoms with Gasteiger partial charge in [0.1, 0.15) is 0 Å². The molecule has 0 bridgehead atoms. The van der Waals surface area contributed by atoms with Gasteiger partial charge in [-0.25, -0.2) is 0 Å². The van der Waals surface area contributed by atoms with Crippen LogP contribution in [0.25, 0.3) is 0 Å². The first kappa shape index (κ1) is 11.4. The van der Waals surface area contributed by atoms with E-state index in [1.807, 2.05) is 19.2 Å². The molecule has 2 rings (SSSR count). The van der Waals surface area contributed by atoms with Crippen LogP contribution in [-0.2, 0) is 11.2 Å². The molecule has 0 radical (unpaired) electrons. The van der Waals surface area contributed by atoms with Gasteiger partial charge < -0.3 is 10.5 Å². The molecule has 0 aliphatic carbocycles. The normalized spacial score (nSPS) is 17.6. The van der Waals surface area contributed by atoms with E-state index in [4.69, 9.17) is 10.5 Å². The SMILES string of the molecule is Cc1cnc(CCN2CCOCC2)c(N)c1. The van der Waals surface area contributed by atoms with Crippen molar-refractivity contribution in [1.29, 1.82) is 0 Å². The number of pyridine rings is 1. The van der Waals surface area contributed by atoms with Gasteiger partial charge in [0.05, 0.1) is 24.6 Å². The number of ether oxygens (including phenoxy) is 1. The second kappa shape index (κ2) is 5.27. The lowest BCUT2D eigenvalue weighted by atomic mass is 10.2. The van der Waals surface area contributed by atoms with E-state index >= 15 is 0 Å². The quantitative estimate of drug-likeness (QED) is 0.822. The average molecular weight is 221 g/mol. The van der Waals surface area contributed by atoms with Gasteiger partial charge in [0.2, 0.25) is 0 Å². The molecule has 2 N–H and O–H groups in total. The number of nitrogen functional groups attached to an aromatic ring is 1. The molecule has 0 spiro atoms. The fourth-order valence-electron chi connectivity index (χ4n) is 1.92. The van der Waals surface area contributed by atoms with Gasteiger partial charge in [-0.1, -0.05) is 0 Å². The maximum absolute atomic E-state index is 5.93. The Morgan fingerprint density at radius 1 is 1.44 bits per heavy atom. The summed E-state index contributed by atoms with van der Waals surface area (Å²) >= 11 is 0. The third-order valence-electron chi connectivity index (χ3n) is 2.91. The van der Waals surface area contributed by atoms with E-state index in [9.17, 15) is 0 Å². The zero-order valence-electron chi connectivity index (χ0n) is 9.78. The standard InChI is InChI=1S/C12H19N3O/c1-10-8-11(13)12(14-9-10)2-3-15-4-6-16-7-5-15/h8-9H,2-7,13H2,1H3. The summed E-state index contributed by atoms with van der Waals surface area (Å²) in [6.45, 7) is 6.75. The summed E-state index contributed by atoms with van der Waals surface area (Å²) < 4.78 is 5.31. The number of rotatable bonds is 3. The molecular weight excluding hydrogens is 202 g/mol. The number of hydrogen-bond acceptors (Lipinski definition) is 4. The molecule has 1 aromatic heterocycles. The van der Waals surface area contributed by atoms with Crippen molar-refractivity contribution >= 4 is 5.69 Å². The van der Waals surface area contributed by atoms with Gasteiger partial charge in [-0.05, 0) is 18.6 Å². The molecule has 88 valence electrons. The summed E-state index contributed by atoms with van der Waals surface area (Å²) in [5, 5.41) is 0. The monoisotopic (exact) mass is 221 g/mol. The summed E-state index contributed by atoms with van der Waals surface area (Å²) in [5.74, 6) is 0. The molecule has 1 aliphatic heterocycles. The maximum Gasteiger partial charge on any atom is 0.0645 e. The lowest BCUT2D eigenvalue weighted by Crippen LogP contribution is -2.37. The minimum absolute atomic E-state index is 0.813. The van der Waals surface area contributed by atoms with Gasteiger partial charge >= 0.3 is 0 Å². The predicted octanol–water partition coefficient (Wildman–Crippen LogP) is 0.847. The van der Waals surface area contributed by atoms with E-state index in [-0.39, 0.29) is 0 Å². The van der Waals surface area contributed by atoms with Crippen LogP contribution in [0, 0.1) is 6.92 Å². The molecule has 0 saturated carbocycles. The third kappa shape index (κ3) is 2.93. The molecule has 16 heavy (non-hydrogen) atoms. The molecule has 2 heterocycles. The largest absolute Gasteiger partial charge is 0.397 e. The Morgan fingerprint density at radius 2 is 2.19 bits per heavy atom. The van der Waals surface area contributed by atoms with Crippen molar-refractivity contribution in [2.75, 3.05) is 38.6 Å². The van der Waals surface area contributed by atoms with Crippen molar-refractivity contribution in [3.8, 4) is 0 Å². The van der Waals surface area contributed by atoms with Crippen molar-refractivity contribution in [2.24, 2.45) is 0 Å². The van der Waals surface area contributed by atoms with E-state index in [1.165, 1.54) is 0 Å². The van der Waals surface area contributed by atoms with Crippen molar-refractivity contribution in [1.82, 2.24) is 9.88 Å². The second-order valence-corrected chi connectivity index (χ2v) is 4.25. The van der Waals surface area contributed by atoms with Crippen LogP contribution in [0.4, 0.5) is 5.69 Å². The highest BCUT2D eigenvalue weighted by Crippen LogP contribution is 2.11. The Morgan fingerprint density at radius 3 is 2.88 bits per heavy atom. The minimum atomic E-state index is 0.813. The number of anilines is 1. The molecular formula is C12H19N3O. The van der Waals surface area contributed by atoms with Crippen LogP contribution >= 0.6 is 0 Å². The summed E-state index contributed by atoms with van der Waals surface area (Å²) in [4.78, 5) is 6.77. The molecule has 0 unspecified atom stereocenters. The third-order valence-corrected chi connectivity index (χ3v) is 2.91. The fourth-order valence-corrected chi connectivity index (χ4v) is 1.92. The predicted molar refractivity (Wildman–Crippen MR) is 64.3 cm³/mol. The number of nitrogens with two attached hydrogens (primary N) is 1. The van der Waals surface area contributed by atoms with Gasteiger partial charge in [-0.15, -0.1) is 0 Å². The van der Waals surface area contributed by atoms with Gasteiger partial charge in [-0.2, -0.15) is 0 Å². The van der Waals surface area contributed by atoms with E-state index in [2.05, 4.69) is 9.88 Å². The molecule has 1 aromatic rings. The van der Waals surface area contributed by atoms with Crippen molar-refractivity contribution in [3.63, 3.8) is 0 Å². The Balaban J connectivity index is 1.88. The topological polar surface area (TPSA) is 51.4 Å². The highest BCUT2D eigenvalue weighted by atomic mass is 16.5. The second-order valence-electron chi connectivity index (χ2n) is 4.25. The van der Waals surface area contributed by atoms with E-state index in [1.54, 1.807) is 0 Å². The van der Waals surface area contributed by atoms with Gasteiger partial charge in [0.15, 0.2) is 0 Å². The maximum atomic E-state index is 5.93. The first-order chi connectivity index (χ1) is 7.75. The Bertz CT molecular complexity index is 348. The van der Waals surface area contributed by atoms with Gasteiger partial charge in [0.25, 0.3) is 0 Å². The highest BCUT2D eigenvalue weighted by Gasteiger charge is 2.11. The fraction of sp³-hybridized carbons (Fsp3) is 0.583. The van der Waals surface area contributed by atoms with E-state index in [0.29, 0.717) is 0 Å². The van der Waals surface area contributed by atoms with Crippen molar-refractivity contribution in [3.05, 3.63) is 23.5 Å². The Kier molecular flexibility index (Phi) is 3.74. The van der Waals surface area contributed by atoms with Crippen molar-refractivity contribution < 1.29 is 4.74 Å². The molecule has 4 heteroatoms. The molecule has 0 amide bonds. The molecule has 1 fully saturated rings. The van der Waals surface area contributed by atoms with E-state index < -0.39 is 0 Å². The number of aryl methyl sites for hydroxylation is 1. The zero-order valence-corrected chi connectivity index (χ0v) is 9.78. The van der Waals surface area contributed by atoms with Gasteiger partial charge in [0, 0.05) is 32.3 Å². The Hall–Kier alpha value is -1.13. The number of aromatic nitrogens is 1. The Labute approximate surface area is 96.4 Å². The highest BCUT2D eigenvalue weighted by molar-refractivity contribution is 5.44. The summed E-state index contributed by atoms with van der Waals surface area (Å²) in [6, 6.07) is 1.99. The van der Waals surface area contributed by atoms with Crippen molar-refractivity contribution in [2.45, 2.75) is 13.3 Å². The lowest BCUT2D eigenvalue weighted by Gasteiger charge is -2.26. The summed E-state index contributed by atoms with van der Waals surface area (Å²) in [5.41, 5.74) is 8.87. The molecule has 0 atom stereocenters. The average Bonchev–Trinajstić information content (AvgIpc) is 2.29. The van der Waals surface area contributed by atoms with E-state index in [0.717, 1.165) is 56.2 Å². The van der Waals surface area contributed by atoms with Crippen LogP contribution in [0.15, 0.2) is 12.3 Å². The van der Waals surface area contributed by atoms with Crippen LogP contribution < -0.4 is 5.73 Å². The first-order valence-corrected chi connectivity index (χ1v) is 5.77. The van der Waals surface area contributed by atoms with Crippen LogP contribution in [0.3, 0.4) is 0 Å². The first-order valence-electron chi connectivity index (χ1n) is 5.77. The lowest BCUT2D eigenvalue weighted by molar-refractivity contribution is 0.0383. The number of morpholine rings is 1. The zero-order chi connectivity index (χ0) is 11.4. The summed E-state index contributed by atoms with van der Waals surface area (Å²) in [7, 11) is 0. The molecule has 4 nitrogen and oxygen atoms in total. The van der Waals surface area contributed by atoms with Crippen LogP contribution in [0.2, 0.25) is 0 Å². The van der Waals surface area contributed by atoms with Crippen LogP contribution in [0.5, 0.6) is 0 Å². The number of hydrogen-bond donors (Lipinski definition) is 1. The van der Waals surface area contributed by atoms with Crippen LogP contribution in [0.1, 0.15) is 11.3 Å². The van der Waals surface area contributed by atoms with Gasteiger partial charge in [-0.3, -0.25) is 9.88 Å². The molecule has 1 aliphatic rings. The molecule has 1 saturated heterocycles. The summed E-state index contributed by atoms with van der Waals surface area (Å²) in [6.07, 6.45) is 2.80.